The van der Waals surface area contributed by atoms with Gasteiger partial charge in [-0.05, 0) is 77.3 Å². The second-order valence-corrected chi connectivity index (χ2v) is 20.7. The van der Waals surface area contributed by atoms with Crippen LogP contribution in [0, 0.1) is 11.8 Å². The van der Waals surface area contributed by atoms with Gasteiger partial charge in [0.05, 0.1) is 33.0 Å². The first-order valence-corrected chi connectivity index (χ1v) is 29.5. The highest BCUT2D eigenvalue weighted by Crippen LogP contribution is 2.23. The monoisotopic (exact) mass is 979 g/mol. The Morgan fingerprint density at radius 2 is 0.754 bits per heavy atom. The molecule has 0 saturated heterocycles. The third kappa shape index (κ3) is 40.0. The molecule has 1 aliphatic carbocycles. The second kappa shape index (κ2) is 48.1. The Bertz CT molecular complexity index is 1140. The lowest BCUT2D eigenvalue weighted by Crippen LogP contribution is -2.43. The molecular weight excluding hydrogens is 869 g/mol. The van der Waals surface area contributed by atoms with Crippen molar-refractivity contribution in [3.8, 4) is 0 Å². The van der Waals surface area contributed by atoms with Crippen LogP contribution in [-0.4, -0.2) is 111 Å². The molecule has 0 aromatic heterocycles. The van der Waals surface area contributed by atoms with Gasteiger partial charge in [-0.1, -0.05) is 175 Å². The minimum absolute atomic E-state index is 0.00712. The fourth-order valence-electron chi connectivity index (χ4n) is 9.59. The molecule has 0 aliphatic heterocycles. The fourth-order valence-corrected chi connectivity index (χ4v) is 9.59. The first-order valence-electron chi connectivity index (χ1n) is 29.5. The van der Waals surface area contributed by atoms with Crippen molar-refractivity contribution in [3.05, 3.63) is 0 Å². The molecule has 0 bridgehead atoms. The number of esters is 4. The Morgan fingerprint density at radius 3 is 1.12 bits per heavy atom. The summed E-state index contributed by atoms with van der Waals surface area (Å²) in [6.45, 7) is 14.4. The standard InChI is InChI=1S/C58H110N2O9/c1-5-9-13-18-26-38-55(62)66-48-52(49-67-56(63)39-27-19-14-10-6-2)34-30-32-42-59(46-47-61)44-45-60(54-36-24-22-17-23-25-37-54)43-33-31-35-53(50-68-57(64)40-28-20-15-11-7-3)51-69-58(65)41-29-21-16-12-8-4/h52-54,61H,5-51H2,1-4H3. The van der Waals surface area contributed by atoms with Crippen molar-refractivity contribution in [2.75, 3.05) is 65.8 Å². The summed E-state index contributed by atoms with van der Waals surface area (Å²) < 4.78 is 23.1. The Morgan fingerprint density at radius 1 is 0.406 bits per heavy atom. The van der Waals surface area contributed by atoms with Crippen LogP contribution in [0.1, 0.15) is 265 Å². The molecule has 0 atom stereocenters. The van der Waals surface area contributed by atoms with Gasteiger partial charge < -0.3 is 24.1 Å². The molecule has 0 spiro atoms. The highest BCUT2D eigenvalue weighted by molar-refractivity contribution is 5.70. The van der Waals surface area contributed by atoms with Crippen LogP contribution < -0.4 is 0 Å². The van der Waals surface area contributed by atoms with Gasteiger partial charge in [0.2, 0.25) is 0 Å². The third-order valence-electron chi connectivity index (χ3n) is 14.2. The van der Waals surface area contributed by atoms with Crippen LogP contribution in [0.2, 0.25) is 0 Å². The predicted molar refractivity (Wildman–Crippen MR) is 283 cm³/mol. The normalized spacial score (nSPS) is 13.6. The highest BCUT2D eigenvalue weighted by Gasteiger charge is 2.22. The zero-order chi connectivity index (χ0) is 50.3. The molecule has 11 nitrogen and oxygen atoms in total. The van der Waals surface area contributed by atoms with Crippen LogP contribution in [0.4, 0.5) is 0 Å². The molecule has 69 heavy (non-hydrogen) atoms. The van der Waals surface area contributed by atoms with E-state index in [9.17, 15) is 24.3 Å². The zero-order valence-electron chi connectivity index (χ0n) is 45.6. The fraction of sp³-hybridized carbons (Fsp3) is 0.931. The number of aliphatic hydroxyl groups is 1. The molecule has 0 amide bonds. The molecule has 1 fully saturated rings. The van der Waals surface area contributed by atoms with Crippen LogP contribution in [0.25, 0.3) is 0 Å². The van der Waals surface area contributed by atoms with Gasteiger partial charge in [0.25, 0.3) is 0 Å². The Labute approximate surface area is 424 Å². The van der Waals surface area contributed by atoms with Crippen LogP contribution in [0.15, 0.2) is 0 Å². The number of unbranched alkanes of at least 4 members (excludes halogenated alkanes) is 18. The molecule has 1 aliphatic rings. The lowest BCUT2D eigenvalue weighted by molar-refractivity contribution is -0.151. The van der Waals surface area contributed by atoms with E-state index in [0.29, 0.717) is 51.5 Å². The van der Waals surface area contributed by atoms with E-state index in [4.69, 9.17) is 18.9 Å². The summed E-state index contributed by atoms with van der Waals surface area (Å²) in [5.74, 6) is -0.638. The highest BCUT2D eigenvalue weighted by atomic mass is 16.6. The van der Waals surface area contributed by atoms with Crippen molar-refractivity contribution >= 4 is 23.9 Å². The van der Waals surface area contributed by atoms with E-state index in [-0.39, 0.29) is 55.5 Å². The van der Waals surface area contributed by atoms with E-state index >= 15 is 0 Å². The molecule has 0 aromatic carbocycles. The molecule has 0 unspecified atom stereocenters. The van der Waals surface area contributed by atoms with Crippen molar-refractivity contribution in [1.82, 2.24) is 9.80 Å². The maximum absolute atomic E-state index is 12.7. The first kappa shape index (κ1) is 64.8. The molecule has 0 aromatic rings. The first-order chi connectivity index (χ1) is 33.8. The van der Waals surface area contributed by atoms with Gasteiger partial charge in [-0.25, -0.2) is 0 Å². The van der Waals surface area contributed by atoms with Crippen molar-refractivity contribution < 1.29 is 43.2 Å². The molecule has 0 radical (unpaired) electrons. The molecule has 0 heterocycles. The third-order valence-corrected chi connectivity index (χ3v) is 14.2. The molecule has 406 valence electrons. The zero-order valence-corrected chi connectivity index (χ0v) is 45.6. The number of hydrogen-bond acceptors (Lipinski definition) is 11. The smallest absolute Gasteiger partial charge is 0.305 e. The minimum atomic E-state index is -0.157. The van der Waals surface area contributed by atoms with E-state index in [1.165, 1.54) is 96.3 Å². The quantitative estimate of drug-likeness (QED) is 0.0355. The van der Waals surface area contributed by atoms with Crippen molar-refractivity contribution in [2.45, 2.75) is 271 Å². The Kier molecular flexibility index (Phi) is 45.1. The molecular formula is C58H110N2O9. The number of nitrogens with zero attached hydrogens (tertiary/aromatic N) is 2. The lowest BCUT2D eigenvalue weighted by Gasteiger charge is -2.35. The summed E-state index contributed by atoms with van der Waals surface area (Å²) in [6.07, 6.45) is 37.9. The largest absolute Gasteiger partial charge is 0.465 e. The van der Waals surface area contributed by atoms with Gasteiger partial charge in [0.15, 0.2) is 0 Å². The van der Waals surface area contributed by atoms with Crippen molar-refractivity contribution in [1.29, 1.82) is 0 Å². The van der Waals surface area contributed by atoms with Gasteiger partial charge in [-0.15, -0.1) is 0 Å². The van der Waals surface area contributed by atoms with E-state index < -0.39 is 0 Å². The number of carbonyl (C=O) groups excluding carboxylic acids is 4. The van der Waals surface area contributed by atoms with Gasteiger partial charge in [0.1, 0.15) is 0 Å². The predicted octanol–water partition coefficient (Wildman–Crippen LogP) is 13.9. The lowest BCUT2D eigenvalue weighted by atomic mass is 9.95. The van der Waals surface area contributed by atoms with Gasteiger partial charge >= 0.3 is 23.9 Å². The number of rotatable bonds is 48. The van der Waals surface area contributed by atoms with E-state index in [0.717, 1.165) is 142 Å². The maximum atomic E-state index is 12.7. The summed E-state index contributed by atoms with van der Waals surface area (Å²) in [5, 5.41) is 10.1. The summed E-state index contributed by atoms with van der Waals surface area (Å²) >= 11 is 0. The van der Waals surface area contributed by atoms with Crippen molar-refractivity contribution in [2.24, 2.45) is 11.8 Å². The minimum Gasteiger partial charge on any atom is -0.465 e. The number of ether oxygens (including phenoxy) is 4. The SMILES string of the molecule is CCCCCCCC(=O)OCC(CCCCN(CCO)CCN(CCCCC(COC(=O)CCCCCCC)COC(=O)CCCCCCC)C1CCCCCCC1)COC(=O)CCCCCCC. The molecule has 1 N–H and O–H groups in total. The Hall–Kier alpha value is -2.24. The summed E-state index contributed by atoms with van der Waals surface area (Å²) in [5.41, 5.74) is 0. The molecule has 11 heteroatoms. The number of aliphatic hydroxyl groups excluding tert-OH is 1. The van der Waals surface area contributed by atoms with E-state index in [1.807, 2.05) is 0 Å². The average Bonchev–Trinajstić information content (AvgIpc) is 3.33. The van der Waals surface area contributed by atoms with Crippen LogP contribution in [0.3, 0.4) is 0 Å². The summed E-state index contributed by atoms with van der Waals surface area (Å²) in [7, 11) is 0. The summed E-state index contributed by atoms with van der Waals surface area (Å²) in [4.78, 5) is 55.8. The summed E-state index contributed by atoms with van der Waals surface area (Å²) in [6, 6.07) is 0.549. The maximum Gasteiger partial charge on any atom is 0.305 e. The van der Waals surface area contributed by atoms with Crippen LogP contribution in [-0.2, 0) is 38.1 Å². The number of carbonyl (C=O) groups is 4. The van der Waals surface area contributed by atoms with Crippen LogP contribution >= 0.6 is 0 Å². The molecule has 1 rings (SSSR count). The van der Waals surface area contributed by atoms with Crippen molar-refractivity contribution in [3.63, 3.8) is 0 Å². The number of hydrogen-bond donors (Lipinski definition) is 1. The molecule has 1 saturated carbocycles. The Balaban J connectivity index is 2.85. The average molecular weight is 980 g/mol. The van der Waals surface area contributed by atoms with Gasteiger partial charge in [-0.3, -0.25) is 29.0 Å². The van der Waals surface area contributed by atoms with Crippen LogP contribution in [0.5, 0.6) is 0 Å². The van der Waals surface area contributed by atoms with E-state index in [2.05, 4.69) is 37.5 Å². The second-order valence-electron chi connectivity index (χ2n) is 20.7. The van der Waals surface area contributed by atoms with E-state index in [1.54, 1.807) is 0 Å². The van der Waals surface area contributed by atoms with Gasteiger partial charge in [0, 0.05) is 63.2 Å². The topological polar surface area (TPSA) is 132 Å². The van der Waals surface area contributed by atoms with Gasteiger partial charge in [-0.2, -0.15) is 0 Å².